The van der Waals surface area contributed by atoms with Crippen LogP contribution in [0.5, 0.6) is 0 Å². The second-order valence-corrected chi connectivity index (χ2v) is 10.5. The van der Waals surface area contributed by atoms with Crippen LogP contribution in [0.2, 0.25) is 0 Å². The summed E-state index contributed by atoms with van der Waals surface area (Å²) in [4.78, 5) is 32.0. The first-order valence-electron chi connectivity index (χ1n) is 13.2. The average Bonchev–Trinajstić information content (AvgIpc) is 2.93. The third-order valence-corrected chi connectivity index (χ3v) is 6.01. The maximum Gasteiger partial charge on any atom is 0.416 e. The Kier molecular flexibility index (Phi) is 9.15. The number of nitrogens with zero attached hydrogens (tertiary/aromatic N) is 2. The summed E-state index contributed by atoms with van der Waals surface area (Å²) in [5.41, 5.74) is 1.16. The molecular weight excluding hydrogens is 545 g/mol. The SMILES string of the molecule is CC(C)(C)OC(=O)N(CCc1ccccn1)c1ccc(NC(=O)c2ccccc2Nc2cccc(C(F)(F)F)c2)cc1. The van der Waals surface area contributed by atoms with Gasteiger partial charge in [-0.1, -0.05) is 24.3 Å². The summed E-state index contributed by atoms with van der Waals surface area (Å²) in [5.74, 6) is -0.461. The maximum absolute atomic E-state index is 13.2. The molecule has 0 bridgehead atoms. The summed E-state index contributed by atoms with van der Waals surface area (Å²) in [6.45, 7) is 5.70. The van der Waals surface area contributed by atoms with Crippen molar-refractivity contribution in [1.82, 2.24) is 4.98 Å². The molecule has 3 aromatic carbocycles. The lowest BCUT2D eigenvalue weighted by Crippen LogP contribution is -2.38. The fourth-order valence-electron chi connectivity index (χ4n) is 4.06. The Labute approximate surface area is 242 Å². The number of alkyl halides is 3. The van der Waals surface area contributed by atoms with Crippen molar-refractivity contribution in [3.05, 3.63) is 114 Å². The summed E-state index contributed by atoms with van der Waals surface area (Å²) in [7, 11) is 0. The molecule has 218 valence electrons. The van der Waals surface area contributed by atoms with Crippen LogP contribution in [0.1, 0.15) is 42.4 Å². The van der Waals surface area contributed by atoms with Gasteiger partial charge in [0.1, 0.15) is 5.60 Å². The largest absolute Gasteiger partial charge is 0.443 e. The Morgan fingerprint density at radius 2 is 1.57 bits per heavy atom. The second kappa shape index (κ2) is 12.8. The number of hydrogen-bond donors (Lipinski definition) is 2. The van der Waals surface area contributed by atoms with E-state index in [-0.39, 0.29) is 11.3 Å². The molecule has 2 N–H and O–H groups in total. The minimum atomic E-state index is -4.49. The van der Waals surface area contributed by atoms with Gasteiger partial charge in [0.25, 0.3) is 5.91 Å². The van der Waals surface area contributed by atoms with Gasteiger partial charge in [-0.2, -0.15) is 13.2 Å². The molecule has 0 saturated heterocycles. The Hall–Kier alpha value is -4.86. The zero-order valence-corrected chi connectivity index (χ0v) is 23.4. The first-order chi connectivity index (χ1) is 19.9. The smallest absolute Gasteiger partial charge is 0.416 e. The number of carbonyl (C=O) groups is 2. The summed E-state index contributed by atoms with van der Waals surface area (Å²) >= 11 is 0. The number of halogens is 3. The number of pyridine rings is 1. The van der Waals surface area contributed by atoms with Gasteiger partial charge < -0.3 is 15.4 Å². The quantitative estimate of drug-likeness (QED) is 0.222. The van der Waals surface area contributed by atoms with Crippen molar-refractivity contribution in [3.63, 3.8) is 0 Å². The molecule has 1 heterocycles. The van der Waals surface area contributed by atoms with Gasteiger partial charge in [-0.3, -0.25) is 14.7 Å². The molecule has 0 radical (unpaired) electrons. The average molecular weight is 577 g/mol. The zero-order valence-electron chi connectivity index (χ0n) is 23.4. The number of rotatable bonds is 8. The number of nitrogens with one attached hydrogen (secondary N) is 2. The van der Waals surface area contributed by atoms with Crippen molar-refractivity contribution in [1.29, 1.82) is 0 Å². The van der Waals surface area contributed by atoms with Gasteiger partial charge in [-0.25, -0.2) is 4.79 Å². The van der Waals surface area contributed by atoms with E-state index in [0.717, 1.165) is 17.8 Å². The highest BCUT2D eigenvalue weighted by Gasteiger charge is 2.30. The Balaban J connectivity index is 1.49. The van der Waals surface area contributed by atoms with Crippen LogP contribution in [0.3, 0.4) is 0 Å². The van der Waals surface area contributed by atoms with Gasteiger partial charge in [0.2, 0.25) is 0 Å². The molecule has 0 spiro atoms. The monoisotopic (exact) mass is 576 g/mol. The number of amides is 2. The molecule has 2 amide bonds. The van der Waals surface area contributed by atoms with E-state index in [1.807, 2.05) is 18.2 Å². The van der Waals surface area contributed by atoms with Gasteiger partial charge in [0.05, 0.1) is 16.8 Å². The predicted octanol–water partition coefficient (Wildman–Crippen LogP) is 8.08. The number of anilines is 4. The van der Waals surface area contributed by atoms with Crippen molar-refractivity contribution in [2.45, 2.75) is 39.0 Å². The lowest BCUT2D eigenvalue weighted by atomic mass is 10.1. The van der Waals surface area contributed by atoms with Crippen molar-refractivity contribution < 1.29 is 27.5 Å². The molecule has 1 aromatic heterocycles. The van der Waals surface area contributed by atoms with Crippen LogP contribution in [0.4, 0.5) is 40.7 Å². The number of hydrogen-bond acceptors (Lipinski definition) is 5. The predicted molar refractivity (Wildman–Crippen MR) is 157 cm³/mol. The van der Waals surface area contributed by atoms with Crippen LogP contribution in [0.25, 0.3) is 0 Å². The molecule has 0 aliphatic carbocycles. The highest BCUT2D eigenvalue weighted by atomic mass is 19.4. The van der Waals surface area contributed by atoms with Gasteiger partial charge in [-0.15, -0.1) is 0 Å². The topological polar surface area (TPSA) is 83.6 Å². The summed E-state index contributed by atoms with van der Waals surface area (Å²) in [6, 6.07) is 23.6. The van der Waals surface area contributed by atoms with Crippen LogP contribution in [-0.4, -0.2) is 29.1 Å². The molecular formula is C32H31F3N4O3. The van der Waals surface area contributed by atoms with E-state index in [1.165, 1.54) is 17.0 Å². The molecule has 0 fully saturated rings. The van der Waals surface area contributed by atoms with Crippen molar-refractivity contribution >= 4 is 34.7 Å². The summed E-state index contributed by atoms with van der Waals surface area (Å²) < 4.78 is 45.1. The molecule has 0 saturated carbocycles. The number of benzene rings is 3. The third kappa shape index (κ3) is 8.33. The van der Waals surface area contributed by atoms with Crippen LogP contribution < -0.4 is 15.5 Å². The normalized spacial score (nSPS) is 11.5. The summed E-state index contributed by atoms with van der Waals surface area (Å²) in [6.07, 6.45) is -2.80. The highest BCUT2D eigenvalue weighted by molar-refractivity contribution is 6.08. The first-order valence-corrected chi connectivity index (χ1v) is 13.2. The minimum Gasteiger partial charge on any atom is -0.443 e. The molecule has 10 heteroatoms. The maximum atomic E-state index is 13.2. The van der Waals surface area contributed by atoms with Gasteiger partial charge in [-0.05, 0) is 87.5 Å². The fraction of sp³-hybridized carbons (Fsp3) is 0.219. The lowest BCUT2D eigenvalue weighted by Gasteiger charge is -2.27. The van der Waals surface area contributed by atoms with E-state index in [1.54, 1.807) is 75.5 Å². The van der Waals surface area contributed by atoms with E-state index in [4.69, 9.17) is 4.74 Å². The molecule has 42 heavy (non-hydrogen) atoms. The Bertz CT molecular complexity index is 1520. The Morgan fingerprint density at radius 3 is 2.24 bits per heavy atom. The first kappa shape index (κ1) is 30.1. The van der Waals surface area contributed by atoms with Gasteiger partial charge in [0, 0.05) is 41.9 Å². The summed E-state index contributed by atoms with van der Waals surface area (Å²) in [5, 5.41) is 5.72. The van der Waals surface area contributed by atoms with E-state index in [9.17, 15) is 22.8 Å². The molecule has 4 aromatic rings. The fourth-order valence-corrected chi connectivity index (χ4v) is 4.06. The number of aromatic nitrogens is 1. The van der Waals surface area contributed by atoms with Crippen LogP contribution >= 0.6 is 0 Å². The second-order valence-electron chi connectivity index (χ2n) is 10.5. The van der Waals surface area contributed by atoms with Crippen LogP contribution in [0, 0.1) is 0 Å². The molecule has 0 atom stereocenters. The zero-order chi connectivity index (χ0) is 30.3. The lowest BCUT2D eigenvalue weighted by molar-refractivity contribution is -0.137. The van der Waals surface area contributed by atoms with Gasteiger partial charge >= 0.3 is 12.3 Å². The standard InChI is InChI=1S/C32H31F3N4O3/c1-31(2,3)42-30(41)39(20-18-23-10-6-7-19-36-23)26-16-14-24(15-17-26)38-29(40)27-12-4-5-13-28(27)37-25-11-8-9-22(21-25)32(33,34)35/h4-17,19,21,37H,18,20H2,1-3H3,(H,38,40). The number of carbonyl (C=O) groups excluding carboxylic acids is 2. The van der Waals surface area contributed by atoms with Crippen molar-refractivity contribution in [2.24, 2.45) is 0 Å². The Morgan fingerprint density at radius 1 is 0.857 bits per heavy atom. The van der Waals surface area contributed by atoms with Crippen molar-refractivity contribution in [2.75, 3.05) is 22.1 Å². The molecule has 0 unspecified atom stereocenters. The van der Waals surface area contributed by atoms with Gasteiger partial charge in [0.15, 0.2) is 0 Å². The third-order valence-electron chi connectivity index (χ3n) is 6.01. The molecule has 0 aliphatic heterocycles. The number of para-hydroxylation sites is 1. The molecule has 4 rings (SSSR count). The minimum absolute atomic E-state index is 0.197. The van der Waals surface area contributed by atoms with E-state index >= 15 is 0 Å². The van der Waals surface area contributed by atoms with E-state index in [2.05, 4.69) is 15.6 Å². The molecule has 0 aliphatic rings. The van der Waals surface area contributed by atoms with Crippen LogP contribution in [-0.2, 0) is 17.3 Å². The van der Waals surface area contributed by atoms with Crippen molar-refractivity contribution in [3.8, 4) is 0 Å². The van der Waals surface area contributed by atoms with E-state index < -0.39 is 29.3 Å². The van der Waals surface area contributed by atoms with Crippen LogP contribution in [0.15, 0.2) is 97.2 Å². The number of ether oxygens (including phenoxy) is 1. The van der Waals surface area contributed by atoms with E-state index in [0.29, 0.717) is 30.0 Å². The highest BCUT2D eigenvalue weighted by Crippen LogP contribution is 2.32. The molecule has 7 nitrogen and oxygen atoms in total.